The molecule has 1 fully saturated rings. The third kappa shape index (κ3) is 15.7. The van der Waals surface area contributed by atoms with Crippen molar-refractivity contribution >= 4 is 35.8 Å². The first-order valence-corrected chi connectivity index (χ1v) is 10.7. The molecule has 0 aromatic carbocycles. The monoisotopic (exact) mass is 499 g/mol. The van der Waals surface area contributed by atoms with Gasteiger partial charge >= 0.3 is 35.8 Å². The number of likely N-dealkylation sites (tertiary alicyclic amines) is 1. The van der Waals surface area contributed by atoms with E-state index in [4.69, 9.17) is 9.47 Å². The molecule has 1 unspecified atom stereocenters. The van der Waals surface area contributed by atoms with Gasteiger partial charge in [-0.1, -0.05) is 6.42 Å². The second kappa shape index (κ2) is 16.8. The van der Waals surface area contributed by atoms with Gasteiger partial charge in [-0.25, -0.2) is 19.2 Å². The lowest BCUT2D eigenvalue weighted by Crippen LogP contribution is -2.40. The van der Waals surface area contributed by atoms with Crippen LogP contribution in [0.2, 0.25) is 0 Å². The summed E-state index contributed by atoms with van der Waals surface area (Å²) in [5.74, 6) is -4.89. The van der Waals surface area contributed by atoms with Crippen molar-refractivity contribution in [2.75, 3.05) is 39.8 Å². The minimum atomic E-state index is -0.926. The summed E-state index contributed by atoms with van der Waals surface area (Å²) in [6.07, 6.45) is 5.44. The first-order valence-electron chi connectivity index (χ1n) is 10.7. The number of hydrogen-bond acceptors (Lipinski definition) is 13. The van der Waals surface area contributed by atoms with Crippen molar-refractivity contribution in [1.29, 1.82) is 0 Å². The molecule has 1 aliphatic rings. The van der Waals surface area contributed by atoms with E-state index in [2.05, 4.69) is 23.8 Å². The van der Waals surface area contributed by atoms with E-state index in [-0.39, 0.29) is 13.2 Å². The highest BCUT2D eigenvalue weighted by atomic mass is 16.7. The highest BCUT2D eigenvalue weighted by molar-refractivity contribution is 5.92. The largest absolute Gasteiger partial charge is 0.459 e. The van der Waals surface area contributed by atoms with Crippen LogP contribution in [0.1, 0.15) is 33.1 Å². The molecule has 0 amide bonds. The molecule has 0 aliphatic carbocycles. The van der Waals surface area contributed by atoms with Crippen LogP contribution in [0.25, 0.3) is 0 Å². The third-order valence-corrected chi connectivity index (χ3v) is 4.24. The molecule has 35 heavy (non-hydrogen) atoms. The van der Waals surface area contributed by atoms with Crippen molar-refractivity contribution in [3.63, 3.8) is 0 Å². The van der Waals surface area contributed by atoms with E-state index in [0.717, 1.165) is 70.5 Å². The maximum atomic E-state index is 12.1. The Morgan fingerprint density at radius 1 is 0.657 bits per heavy atom. The van der Waals surface area contributed by atoms with Gasteiger partial charge in [0.15, 0.2) is 0 Å². The molecule has 1 heterocycles. The van der Waals surface area contributed by atoms with Crippen LogP contribution < -0.4 is 0 Å². The van der Waals surface area contributed by atoms with Crippen LogP contribution >= 0.6 is 0 Å². The summed E-state index contributed by atoms with van der Waals surface area (Å²) in [7, 11) is 0. The van der Waals surface area contributed by atoms with Gasteiger partial charge in [0, 0.05) is 44.7 Å². The summed E-state index contributed by atoms with van der Waals surface area (Å²) < 4.78 is 28.3. The number of piperidine rings is 1. The highest BCUT2D eigenvalue weighted by Gasteiger charge is 2.21. The fraction of sp³-hybridized carbons (Fsp3) is 0.545. The maximum absolute atomic E-state index is 12.1. The first kappa shape index (κ1) is 29.3. The third-order valence-electron chi connectivity index (χ3n) is 4.24. The normalized spacial score (nSPS) is 14.7. The topological polar surface area (TPSA) is 161 Å². The SMILES string of the molecule is CC(=O)OCOC(=O)/C=C/C(=O)OCC(CN1CCCCC1)OC(=O)/C=C/C(=O)OCOC(C)=O. The Morgan fingerprint density at radius 2 is 1.11 bits per heavy atom. The van der Waals surface area contributed by atoms with E-state index in [9.17, 15) is 28.8 Å². The Bertz CT molecular complexity index is 813. The van der Waals surface area contributed by atoms with Crippen LogP contribution in [-0.2, 0) is 57.2 Å². The van der Waals surface area contributed by atoms with Gasteiger partial charge in [-0.3, -0.25) is 14.5 Å². The Kier molecular flexibility index (Phi) is 14.1. The molecule has 1 atom stereocenters. The molecule has 0 bridgehead atoms. The van der Waals surface area contributed by atoms with Crippen molar-refractivity contribution < 1.29 is 57.2 Å². The lowest BCUT2D eigenvalue weighted by atomic mass is 10.1. The summed E-state index contributed by atoms with van der Waals surface area (Å²) in [5.41, 5.74) is 0. The summed E-state index contributed by atoms with van der Waals surface area (Å²) in [6.45, 7) is 2.66. The quantitative estimate of drug-likeness (QED) is 0.146. The number of ether oxygens (including phenoxy) is 6. The van der Waals surface area contributed by atoms with Crippen LogP contribution in [-0.4, -0.2) is 86.6 Å². The summed E-state index contributed by atoms with van der Waals surface area (Å²) in [6, 6.07) is 0. The van der Waals surface area contributed by atoms with E-state index < -0.39 is 55.5 Å². The smallest absolute Gasteiger partial charge is 0.333 e. The number of hydrogen-bond donors (Lipinski definition) is 0. The van der Waals surface area contributed by atoms with Crippen molar-refractivity contribution in [1.82, 2.24) is 4.90 Å². The molecule has 0 N–H and O–H groups in total. The number of rotatable bonds is 13. The van der Waals surface area contributed by atoms with E-state index in [1.807, 2.05) is 0 Å². The maximum Gasteiger partial charge on any atom is 0.333 e. The number of carbonyl (C=O) groups excluding carboxylic acids is 6. The Morgan fingerprint density at radius 3 is 1.60 bits per heavy atom. The van der Waals surface area contributed by atoms with Crippen LogP contribution in [0.15, 0.2) is 24.3 Å². The van der Waals surface area contributed by atoms with Crippen LogP contribution in [0.5, 0.6) is 0 Å². The van der Waals surface area contributed by atoms with E-state index in [0.29, 0.717) is 0 Å². The van der Waals surface area contributed by atoms with Crippen LogP contribution in [0.3, 0.4) is 0 Å². The van der Waals surface area contributed by atoms with Gasteiger partial charge in [0.1, 0.15) is 12.7 Å². The number of nitrogens with zero attached hydrogens (tertiary/aromatic N) is 1. The molecule has 1 saturated heterocycles. The van der Waals surface area contributed by atoms with Gasteiger partial charge in [-0.2, -0.15) is 0 Å². The zero-order valence-corrected chi connectivity index (χ0v) is 19.6. The standard InChI is InChI=1S/C22H29NO12/c1-16(24)31-14-33-20(27)7-6-19(26)30-13-18(12-23-10-4-3-5-11-23)35-22(29)9-8-21(28)34-15-32-17(2)25/h6-9,18H,3-5,10-15H2,1-2H3/b7-6+,9-8+. The lowest BCUT2D eigenvalue weighted by Gasteiger charge is -2.29. The minimum Gasteiger partial charge on any atom is -0.459 e. The van der Waals surface area contributed by atoms with E-state index in [1.165, 1.54) is 0 Å². The molecule has 13 heteroatoms. The summed E-state index contributed by atoms with van der Waals surface area (Å²) in [5, 5.41) is 0. The van der Waals surface area contributed by atoms with Gasteiger partial charge in [0.2, 0.25) is 13.6 Å². The molecule has 0 aromatic heterocycles. The molecule has 0 radical (unpaired) electrons. The van der Waals surface area contributed by atoms with Crippen molar-refractivity contribution in [2.45, 2.75) is 39.2 Å². The van der Waals surface area contributed by atoms with Gasteiger partial charge in [0.05, 0.1) is 0 Å². The van der Waals surface area contributed by atoms with Crippen LogP contribution in [0, 0.1) is 0 Å². The van der Waals surface area contributed by atoms with Crippen molar-refractivity contribution in [3.8, 4) is 0 Å². The zero-order valence-electron chi connectivity index (χ0n) is 19.6. The molecular weight excluding hydrogens is 470 g/mol. The van der Waals surface area contributed by atoms with E-state index in [1.54, 1.807) is 0 Å². The van der Waals surface area contributed by atoms with Crippen molar-refractivity contribution in [3.05, 3.63) is 24.3 Å². The number of esters is 6. The molecule has 0 saturated carbocycles. The number of carbonyl (C=O) groups is 6. The average molecular weight is 499 g/mol. The predicted molar refractivity (Wildman–Crippen MR) is 115 cm³/mol. The Labute approximate surface area is 201 Å². The molecular formula is C22H29NO12. The van der Waals surface area contributed by atoms with Gasteiger partial charge in [-0.05, 0) is 25.9 Å². The summed E-state index contributed by atoms with van der Waals surface area (Å²) in [4.78, 5) is 70.3. The molecule has 0 aromatic rings. The summed E-state index contributed by atoms with van der Waals surface area (Å²) >= 11 is 0. The van der Waals surface area contributed by atoms with Gasteiger partial charge in [0.25, 0.3) is 0 Å². The minimum absolute atomic E-state index is 0.290. The van der Waals surface area contributed by atoms with Crippen LogP contribution in [0.4, 0.5) is 0 Å². The molecule has 1 aliphatic heterocycles. The zero-order chi connectivity index (χ0) is 26.1. The average Bonchev–Trinajstić information content (AvgIpc) is 2.80. The van der Waals surface area contributed by atoms with E-state index >= 15 is 0 Å². The van der Waals surface area contributed by atoms with Gasteiger partial charge < -0.3 is 28.4 Å². The molecule has 194 valence electrons. The Balaban J connectivity index is 2.56. The second-order valence-corrected chi connectivity index (χ2v) is 7.15. The Hall–Kier alpha value is -3.74. The fourth-order valence-corrected chi connectivity index (χ4v) is 2.69. The highest BCUT2D eigenvalue weighted by Crippen LogP contribution is 2.10. The first-order chi connectivity index (χ1) is 16.7. The lowest BCUT2D eigenvalue weighted by molar-refractivity contribution is -0.164. The molecule has 0 spiro atoms. The van der Waals surface area contributed by atoms with Gasteiger partial charge in [-0.15, -0.1) is 0 Å². The predicted octanol–water partition coefficient (Wildman–Crippen LogP) is 0.167. The molecule has 13 nitrogen and oxygen atoms in total. The van der Waals surface area contributed by atoms with Crippen molar-refractivity contribution in [2.24, 2.45) is 0 Å². The second-order valence-electron chi connectivity index (χ2n) is 7.15. The fourth-order valence-electron chi connectivity index (χ4n) is 2.69. The molecule has 1 rings (SSSR count).